The van der Waals surface area contributed by atoms with Crippen molar-refractivity contribution in [2.24, 2.45) is 0 Å². The number of para-hydroxylation sites is 1. The molecule has 2 aromatic rings. The Hall–Kier alpha value is -2.60. The van der Waals surface area contributed by atoms with E-state index in [1.54, 1.807) is 6.92 Å². The van der Waals surface area contributed by atoms with Crippen LogP contribution in [0.25, 0.3) is 0 Å². The van der Waals surface area contributed by atoms with Crippen LogP contribution in [0.5, 0.6) is 11.5 Å². The first-order valence-electron chi connectivity index (χ1n) is 6.78. The van der Waals surface area contributed by atoms with Gasteiger partial charge in [0.2, 0.25) is 0 Å². The summed E-state index contributed by atoms with van der Waals surface area (Å²) < 4.78 is 5.71. The third-order valence-corrected chi connectivity index (χ3v) is 3.32. The summed E-state index contributed by atoms with van der Waals surface area (Å²) in [6.45, 7) is 3.28. The summed E-state index contributed by atoms with van der Waals surface area (Å²) in [4.78, 5) is 11.3. The van der Waals surface area contributed by atoms with Crippen molar-refractivity contribution < 1.29 is 9.53 Å². The van der Waals surface area contributed by atoms with Gasteiger partial charge in [0.05, 0.1) is 11.5 Å². The van der Waals surface area contributed by atoms with Crippen LogP contribution >= 0.6 is 0 Å². The number of ketones is 1. The zero-order chi connectivity index (χ0) is 15.3. The number of carbonyl (C=O) groups is 1. The minimum atomic E-state index is -0.795. The van der Waals surface area contributed by atoms with E-state index in [0.29, 0.717) is 5.75 Å². The van der Waals surface area contributed by atoms with Crippen LogP contribution in [0, 0.1) is 11.3 Å². The van der Waals surface area contributed by atoms with E-state index in [9.17, 15) is 10.1 Å². The fourth-order valence-corrected chi connectivity index (χ4v) is 2.22. The highest BCUT2D eigenvalue weighted by atomic mass is 16.5. The molecule has 3 heteroatoms. The molecule has 0 radical (unpaired) electrons. The number of nitriles is 1. The number of Topliss-reactive ketones (excluding diaryl/α,β-unsaturated/α-hetero) is 1. The maximum absolute atomic E-state index is 11.3. The standard InChI is InChI=1S/C18H17NO2/c1-14(20)12-18(2,13-19)15-8-10-17(11-9-15)21-16-6-4-3-5-7-16/h3-11H,12H2,1-2H3. The molecule has 0 aliphatic rings. The van der Waals surface area contributed by atoms with Gasteiger partial charge in [-0.2, -0.15) is 5.26 Å². The maximum atomic E-state index is 11.3. The van der Waals surface area contributed by atoms with Crippen molar-refractivity contribution in [2.75, 3.05) is 0 Å². The van der Waals surface area contributed by atoms with Crippen LogP contribution in [0.15, 0.2) is 54.6 Å². The molecule has 0 saturated carbocycles. The van der Waals surface area contributed by atoms with E-state index in [1.807, 2.05) is 54.6 Å². The van der Waals surface area contributed by atoms with E-state index >= 15 is 0 Å². The minimum absolute atomic E-state index is 0.00339. The molecule has 0 aliphatic carbocycles. The Labute approximate surface area is 124 Å². The predicted molar refractivity (Wildman–Crippen MR) is 81.2 cm³/mol. The fourth-order valence-electron chi connectivity index (χ4n) is 2.22. The van der Waals surface area contributed by atoms with Crippen molar-refractivity contribution in [3.8, 4) is 17.6 Å². The maximum Gasteiger partial charge on any atom is 0.131 e. The summed E-state index contributed by atoms with van der Waals surface area (Å²) in [5.74, 6) is 1.47. The first-order valence-corrected chi connectivity index (χ1v) is 6.78. The number of rotatable bonds is 5. The predicted octanol–water partition coefficient (Wildman–Crippen LogP) is 4.24. The van der Waals surface area contributed by atoms with E-state index < -0.39 is 5.41 Å². The molecule has 0 bridgehead atoms. The Morgan fingerprint density at radius 1 is 1.10 bits per heavy atom. The van der Waals surface area contributed by atoms with E-state index in [0.717, 1.165) is 11.3 Å². The Morgan fingerprint density at radius 3 is 2.19 bits per heavy atom. The second-order valence-electron chi connectivity index (χ2n) is 5.26. The van der Waals surface area contributed by atoms with Crippen molar-refractivity contribution in [3.63, 3.8) is 0 Å². The van der Waals surface area contributed by atoms with Crippen molar-refractivity contribution in [3.05, 3.63) is 60.2 Å². The van der Waals surface area contributed by atoms with Gasteiger partial charge in [-0.15, -0.1) is 0 Å². The van der Waals surface area contributed by atoms with Gasteiger partial charge in [0.1, 0.15) is 17.3 Å². The molecule has 2 rings (SSSR count). The van der Waals surface area contributed by atoms with E-state index in [4.69, 9.17) is 4.74 Å². The van der Waals surface area contributed by atoms with Crippen molar-refractivity contribution in [2.45, 2.75) is 25.7 Å². The minimum Gasteiger partial charge on any atom is -0.457 e. The lowest BCUT2D eigenvalue weighted by atomic mass is 9.80. The molecule has 1 unspecified atom stereocenters. The second-order valence-corrected chi connectivity index (χ2v) is 5.26. The smallest absolute Gasteiger partial charge is 0.131 e. The first kappa shape index (κ1) is 14.8. The average Bonchev–Trinajstić information content (AvgIpc) is 2.48. The number of benzene rings is 2. The highest BCUT2D eigenvalue weighted by molar-refractivity contribution is 5.77. The van der Waals surface area contributed by atoms with Gasteiger partial charge in [-0.25, -0.2) is 0 Å². The lowest BCUT2D eigenvalue weighted by molar-refractivity contribution is -0.117. The zero-order valence-electron chi connectivity index (χ0n) is 12.2. The summed E-state index contributed by atoms with van der Waals surface area (Å²) in [7, 11) is 0. The van der Waals surface area contributed by atoms with Crippen LogP contribution < -0.4 is 4.74 Å². The number of hydrogen-bond donors (Lipinski definition) is 0. The molecule has 0 aromatic heterocycles. The van der Waals surface area contributed by atoms with Gasteiger partial charge in [-0.3, -0.25) is 4.79 Å². The highest BCUT2D eigenvalue weighted by Crippen LogP contribution is 2.30. The lowest BCUT2D eigenvalue weighted by Gasteiger charge is -2.20. The largest absolute Gasteiger partial charge is 0.457 e. The van der Waals surface area contributed by atoms with Gasteiger partial charge in [-0.05, 0) is 43.7 Å². The van der Waals surface area contributed by atoms with Crippen molar-refractivity contribution >= 4 is 5.78 Å². The quantitative estimate of drug-likeness (QED) is 0.822. The fraction of sp³-hybridized carbons (Fsp3) is 0.222. The lowest BCUT2D eigenvalue weighted by Crippen LogP contribution is -2.22. The SMILES string of the molecule is CC(=O)CC(C)(C#N)c1ccc(Oc2ccccc2)cc1. The molecule has 1 atom stereocenters. The summed E-state index contributed by atoms with van der Waals surface area (Å²) in [6, 6.07) is 19.0. The van der Waals surface area contributed by atoms with Crippen LogP contribution in [-0.2, 0) is 10.2 Å². The van der Waals surface area contributed by atoms with E-state index in [1.165, 1.54) is 6.92 Å². The molecule has 2 aromatic carbocycles. The molecule has 0 N–H and O–H groups in total. The summed E-state index contributed by atoms with van der Waals surface area (Å²) in [5, 5.41) is 9.36. The van der Waals surface area contributed by atoms with Crippen LogP contribution in [0.3, 0.4) is 0 Å². The monoisotopic (exact) mass is 279 g/mol. The van der Waals surface area contributed by atoms with Gasteiger partial charge in [0, 0.05) is 6.42 Å². The molecular formula is C18H17NO2. The number of hydrogen-bond acceptors (Lipinski definition) is 3. The Bertz CT molecular complexity index is 656. The molecular weight excluding hydrogens is 262 g/mol. The van der Waals surface area contributed by atoms with Crippen molar-refractivity contribution in [1.82, 2.24) is 0 Å². The summed E-state index contributed by atoms with van der Waals surface area (Å²) in [5.41, 5.74) is 0.0255. The van der Waals surface area contributed by atoms with Gasteiger partial charge >= 0.3 is 0 Å². The molecule has 0 heterocycles. The van der Waals surface area contributed by atoms with Gasteiger partial charge in [0.25, 0.3) is 0 Å². The Morgan fingerprint density at radius 2 is 1.67 bits per heavy atom. The van der Waals surface area contributed by atoms with E-state index in [-0.39, 0.29) is 12.2 Å². The van der Waals surface area contributed by atoms with Crippen LogP contribution in [0.2, 0.25) is 0 Å². The van der Waals surface area contributed by atoms with Crippen LogP contribution in [-0.4, -0.2) is 5.78 Å². The highest BCUT2D eigenvalue weighted by Gasteiger charge is 2.28. The molecule has 0 amide bonds. The van der Waals surface area contributed by atoms with E-state index in [2.05, 4.69) is 6.07 Å². The summed E-state index contributed by atoms with van der Waals surface area (Å²) in [6.07, 6.45) is 0.211. The molecule has 0 aliphatic heterocycles. The molecule has 0 saturated heterocycles. The average molecular weight is 279 g/mol. The third-order valence-electron chi connectivity index (χ3n) is 3.32. The summed E-state index contributed by atoms with van der Waals surface area (Å²) >= 11 is 0. The molecule has 106 valence electrons. The number of ether oxygens (including phenoxy) is 1. The van der Waals surface area contributed by atoms with Gasteiger partial charge < -0.3 is 4.74 Å². The number of nitrogens with zero attached hydrogens (tertiary/aromatic N) is 1. The normalized spacial score (nSPS) is 13.0. The molecule has 3 nitrogen and oxygen atoms in total. The van der Waals surface area contributed by atoms with Crippen molar-refractivity contribution in [1.29, 1.82) is 5.26 Å². The number of carbonyl (C=O) groups excluding carboxylic acids is 1. The van der Waals surface area contributed by atoms with Crippen LogP contribution in [0.1, 0.15) is 25.8 Å². The Kier molecular flexibility index (Phi) is 4.39. The zero-order valence-corrected chi connectivity index (χ0v) is 12.2. The molecule has 0 fully saturated rings. The molecule has 21 heavy (non-hydrogen) atoms. The topological polar surface area (TPSA) is 50.1 Å². The van der Waals surface area contributed by atoms with Gasteiger partial charge in [-0.1, -0.05) is 30.3 Å². The molecule has 0 spiro atoms. The van der Waals surface area contributed by atoms with Gasteiger partial charge in [0.15, 0.2) is 0 Å². The third kappa shape index (κ3) is 3.70. The van der Waals surface area contributed by atoms with Crippen LogP contribution in [0.4, 0.5) is 0 Å². The second kappa shape index (κ2) is 6.23. The Balaban J connectivity index is 2.19. The first-order chi connectivity index (χ1) is 10.0.